The number of hydrogen-bond donors (Lipinski definition) is 1. The van der Waals surface area contributed by atoms with Crippen LogP contribution < -0.4 is 10.1 Å². The normalized spacial score (nSPS) is 23.7. The Kier molecular flexibility index (Phi) is 3.69. The van der Waals surface area contributed by atoms with Crippen LogP contribution in [0.2, 0.25) is 0 Å². The molecule has 19 heavy (non-hydrogen) atoms. The van der Waals surface area contributed by atoms with Crippen molar-refractivity contribution in [2.75, 3.05) is 13.2 Å². The lowest BCUT2D eigenvalue weighted by Gasteiger charge is -2.10. The molecule has 0 spiro atoms. The summed E-state index contributed by atoms with van der Waals surface area (Å²) in [6, 6.07) is 4.24. The van der Waals surface area contributed by atoms with Crippen LogP contribution >= 0.6 is 22.6 Å². The van der Waals surface area contributed by atoms with Crippen molar-refractivity contribution in [2.45, 2.75) is 32.1 Å². The topological polar surface area (TPSA) is 38.3 Å². The summed E-state index contributed by atoms with van der Waals surface area (Å²) in [7, 11) is 0. The first-order valence-corrected chi connectivity index (χ1v) is 7.99. The van der Waals surface area contributed by atoms with Crippen LogP contribution in [0.3, 0.4) is 0 Å². The van der Waals surface area contributed by atoms with Crippen LogP contribution in [0, 0.1) is 9.49 Å². The molecule has 1 aliphatic heterocycles. The van der Waals surface area contributed by atoms with Gasteiger partial charge in [-0.15, -0.1) is 0 Å². The van der Waals surface area contributed by atoms with Crippen molar-refractivity contribution < 1.29 is 9.53 Å². The first-order chi connectivity index (χ1) is 9.20. The fourth-order valence-corrected chi connectivity index (χ4v) is 3.78. The van der Waals surface area contributed by atoms with E-state index in [0.717, 1.165) is 25.3 Å². The Bertz CT molecular complexity index is 515. The summed E-state index contributed by atoms with van der Waals surface area (Å²) < 4.78 is 6.99. The van der Waals surface area contributed by atoms with Gasteiger partial charge in [-0.05, 0) is 58.5 Å². The summed E-state index contributed by atoms with van der Waals surface area (Å²) in [6.07, 6.45) is 2.80. The van der Waals surface area contributed by atoms with Gasteiger partial charge in [0.05, 0.1) is 6.61 Å². The van der Waals surface area contributed by atoms with Gasteiger partial charge in [0.1, 0.15) is 5.75 Å². The van der Waals surface area contributed by atoms with Crippen LogP contribution in [0.5, 0.6) is 5.75 Å². The zero-order chi connectivity index (χ0) is 13.4. The number of amides is 1. The molecule has 0 saturated heterocycles. The molecular formula is C15H18INO2. The van der Waals surface area contributed by atoms with E-state index >= 15 is 0 Å². The number of fused-ring (bicyclic) bond motifs is 1. The molecule has 3 rings (SSSR count). The predicted molar refractivity (Wildman–Crippen MR) is 82.5 cm³/mol. The zero-order valence-corrected chi connectivity index (χ0v) is 13.2. The van der Waals surface area contributed by atoms with Crippen LogP contribution in [-0.4, -0.2) is 19.1 Å². The monoisotopic (exact) mass is 371 g/mol. The second kappa shape index (κ2) is 5.31. The maximum Gasteiger partial charge on any atom is 0.219 e. The molecule has 2 atom stereocenters. The summed E-state index contributed by atoms with van der Waals surface area (Å²) >= 11 is 2.43. The van der Waals surface area contributed by atoms with E-state index in [9.17, 15) is 4.79 Å². The number of ether oxygens (including phenoxy) is 1. The Labute approximate surface area is 127 Å². The van der Waals surface area contributed by atoms with Gasteiger partial charge in [0, 0.05) is 28.5 Å². The van der Waals surface area contributed by atoms with Crippen LogP contribution in [0.25, 0.3) is 0 Å². The molecule has 0 unspecified atom stereocenters. The molecular weight excluding hydrogens is 353 g/mol. The second-order valence-corrected chi connectivity index (χ2v) is 6.46. The fourth-order valence-electron chi connectivity index (χ4n) is 2.87. The van der Waals surface area contributed by atoms with Crippen molar-refractivity contribution >= 4 is 28.5 Å². The van der Waals surface area contributed by atoms with Gasteiger partial charge in [-0.2, -0.15) is 0 Å². The van der Waals surface area contributed by atoms with E-state index in [0.29, 0.717) is 18.3 Å². The first kappa shape index (κ1) is 13.2. The molecule has 1 aromatic rings. The Hall–Kier alpha value is -0.780. The molecule has 4 heteroatoms. The van der Waals surface area contributed by atoms with Gasteiger partial charge in [-0.1, -0.05) is 6.92 Å². The van der Waals surface area contributed by atoms with Gasteiger partial charge in [0.15, 0.2) is 0 Å². The van der Waals surface area contributed by atoms with Crippen LogP contribution in [0.1, 0.15) is 36.8 Å². The van der Waals surface area contributed by atoms with Crippen molar-refractivity contribution in [3.8, 4) is 5.75 Å². The summed E-state index contributed by atoms with van der Waals surface area (Å²) in [5.74, 6) is 2.44. The molecule has 102 valence electrons. The zero-order valence-electron chi connectivity index (χ0n) is 11.0. The molecule has 1 heterocycles. The van der Waals surface area contributed by atoms with Crippen LogP contribution in [0.4, 0.5) is 0 Å². The SMILES string of the molecule is CCC(=O)NC[C@@H]1C[C@H]1c1c(I)ccc2c1CCO2. The van der Waals surface area contributed by atoms with Gasteiger partial charge in [0.2, 0.25) is 5.91 Å². The second-order valence-electron chi connectivity index (χ2n) is 5.30. The van der Waals surface area contributed by atoms with E-state index in [2.05, 4.69) is 40.0 Å². The van der Waals surface area contributed by atoms with E-state index in [-0.39, 0.29) is 5.91 Å². The summed E-state index contributed by atoms with van der Waals surface area (Å²) in [5.41, 5.74) is 2.88. The molecule has 3 nitrogen and oxygen atoms in total. The Morgan fingerprint density at radius 2 is 2.37 bits per heavy atom. The van der Waals surface area contributed by atoms with Crippen molar-refractivity contribution in [3.63, 3.8) is 0 Å². The largest absolute Gasteiger partial charge is 0.493 e. The average Bonchev–Trinajstić information content (AvgIpc) is 3.01. The molecule has 0 radical (unpaired) electrons. The number of benzene rings is 1. The quantitative estimate of drug-likeness (QED) is 0.827. The lowest BCUT2D eigenvalue weighted by Crippen LogP contribution is -2.24. The summed E-state index contributed by atoms with van der Waals surface area (Å²) in [4.78, 5) is 11.3. The standard InChI is InChI=1S/C15H18INO2/c1-2-14(18)17-8-9-7-11(9)15-10-5-6-19-13(10)4-3-12(15)16/h3-4,9,11H,2,5-8H2,1H3,(H,17,18)/t9-,11+/m0/s1. The highest BCUT2D eigenvalue weighted by atomic mass is 127. The summed E-state index contributed by atoms with van der Waals surface area (Å²) in [6.45, 7) is 3.52. The van der Waals surface area contributed by atoms with Gasteiger partial charge in [0.25, 0.3) is 0 Å². The van der Waals surface area contributed by atoms with Crippen molar-refractivity contribution in [1.82, 2.24) is 5.32 Å². The molecule has 1 aromatic carbocycles. The average molecular weight is 371 g/mol. The van der Waals surface area contributed by atoms with E-state index < -0.39 is 0 Å². The third kappa shape index (κ3) is 2.59. The lowest BCUT2D eigenvalue weighted by atomic mass is 10.00. The summed E-state index contributed by atoms with van der Waals surface area (Å²) in [5, 5.41) is 3.01. The molecule has 0 bridgehead atoms. The number of rotatable bonds is 4. The number of hydrogen-bond acceptors (Lipinski definition) is 2. The van der Waals surface area contributed by atoms with Crippen molar-refractivity contribution in [2.24, 2.45) is 5.92 Å². The van der Waals surface area contributed by atoms with Crippen molar-refractivity contribution in [3.05, 3.63) is 26.8 Å². The van der Waals surface area contributed by atoms with E-state index in [4.69, 9.17) is 4.74 Å². The highest BCUT2D eigenvalue weighted by Crippen LogP contribution is 2.51. The minimum Gasteiger partial charge on any atom is -0.493 e. The van der Waals surface area contributed by atoms with E-state index in [1.54, 1.807) is 0 Å². The van der Waals surface area contributed by atoms with Crippen LogP contribution in [-0.2, 0) is 11.2 Å². The number of carbonyl (C=O) groups excluding carboxylic acids is 1. The maximum absolute atomic E-state index is 11.3. The van der Waals surface area contributed by atoms with Gasteiger partial charge < -0.3 is 10.1 Å². The van der Waals surface area contributed by atoms with E-state index in [1.807, 2.05) is 6.92 Å². The molecule has 1 fully saturated rings. The molecule has 0 aromatic heterocycles. The van der Waals surface area contributed by atoms with Gasteiger partial charge in [-0.3, -0.25) is 4.79 Å². The minimum atomic E-state index is 0.155. The highest BCUT2D eigenvalue weighted by Gasteiger charge is 2.41. The smallest absolute Gasteiger partial charge is 0.219 e. The molecule has 1 saturated carbocycles. The molecule has 1 amide bonds. The Morgan fingerprint density at radius 1 is 1.53 bits per heavy atom. The molecule has 1 aliphatic carbocycles. The molecule has 1 N–H and O–H groups in total. The Morgan fingerprint density at radius 3 is 3.16 bits per heavy atom. The first-order valence-electron chi connectivity index (χ1n) is 6.91. The highest BCUT2D eigenvalue weighted by molar-refractivity contribution is 14.1. The van der Waals surface area contributed by atoms with Crippen LogP contribution in [0.15, 0.2) is 12.1 Å². The lowest BCUT2D eigenvalue weighted by molar-refractivity contribution is -0.120. The van der Waals surface area contributed by atoms with Gasteiger partial charge >= 0.3 is 0 Å². The predicted octanol–water partition coefficient (Wildman–Crippen LogP) is 2.86. The van der Waals surface area contributed by atoms with Gasteiger partial charge in [-0.25, -0.2) is 0 Å². The number of nitrogens with one attached hydrogen (secondary N) is 1. The third-order valence-electron chi connectivity index (χ3n) is 4.05. The van der Waals surface area contributed by atoms with E-state index in [1.165, 1.54) is 21.1 Å². The van der Waals surface area contributed by atoms with Crippen molar-refractivity contribution in [1.29, 1.82) is 0 Å². The Balaban J connectivity index is 1.72. The third-order valence-corrected chi connectivity index (χ3v) is 4.99. The minimum absolute atomic E-state index is 0.155. The number of halogens is 1. The molecule has 2 aliphatic rings. The number of carbonyl (C=O) groups is 1. The fraction of sp³-hybridized carbons (Fsp3) is 0.533. The maximum atomic E-state index is 11.3.